The van der Waals surface area contributed by atoms with Gasteiger partial charge in [0.2, 0.25) is 0 Å². The Morgan fingerprint density at radius 1 is 1.11 bits per heavy atom. The highest BCUT2D eigenvalue weighted by atomic mass is 16.2. The Hall–Kier alpha value is -3.19. The Morgan fingerprint density at radius 2 is 1.93 bits per heavy atom. The monoisotopic (exact) mass is 363 g/mol. The third-order valence-corrected chi connectivity index (χ3v) is 4.88. The number of nitrogens with zero attached hydrogens (tertiary/aromatic N) is 2. The van der Waals surface area contributed by atoms with Gasteiger partial charge in [-0.15, -0.1) is 0 Å². The van der Waals surface area contributed by atoms with E-state index in [9.17, 15) is 9.59 Å². The first-order valence-corrected chi connectivity index (χ1v) is 8.99. The molecule has 0 unspecified atom stereocenters. The summed E-state index contributed by atoms with van der Waals surface area (Å²) in [4.78, 5) is 34.2. The average molecular weight is 363 g/mol. The fraction of sp³-hybridized carbons (Fsp3) is 0.250. The number of carbonyl (C=O) groups excluding carboxylic acids is 2. The molecule has 0 aliphatic carbocycles. The van der Waals surface area contributed by atoms with Crippen molar-refractivity contribution in [1.82, 2.24) is 14.9 Å². The lowest BCUT2D eigenvalue weighted by molar-refractivity contribution is 0.0714. The molecular weight excluding hydrogens is 342 g/mol. The molecular formula is C20H21N5O2. The van der Waals surface area contributed by atoms with Gasteiger partial charge in [0.15, 0.2) is 0 Å². The van der Waals surface area contributed by atoms with Crippen LogP contribution >= 0.6 is 0 Å². The second-order valence-electron chi connectivity index (χ2n) is 6.80. The molecule has 0 bridgehead atoms. The van der Waals surface area contributed by atoms with Gasteiger partial charge in [0, 0.05) is 35.9 Å². The Balaban J connectivity index is 1.48. The van der Waals surface area contributed by atoms with Crippen LogP contribution in [0.3, 0.4) is 0 Å². The fourth-order valence-corrected chi connectivity index (χ4v) is 3.30. The molecule has 2 aromatic carbocycles. The van der Waals surface area contributed by atoms with Gasteiger partial charge in [-0.1, -0.05) is 6.07 Å². The number of piperidine rings is 1. The summed E-state index contributed by atoms with van der Waals surface area (Å²) in [6.07, 6.45) is 3.23. The topological polar surface area (TPSA) is 104 Å². The van der Waals surface area contributed by atoms with Gasteiger partial charge in [-0.3, -0.25) is 9.59 Å². The van der Waals surface area contributed by atoms with Crippen molar-refractivity contribution in [1.29, 1.82) is 0 Å². The summed E-state index contributed by atoms with van der Waals surface area (Å²) in [5.74, 6) is -0.267. The summed E-state index contributed by atoms with van der Waals surface area (Å²) in [7, 11) is 0. The zero-order chi connectivity index (χ0) is 18.8. The zero-order valence-corrected chi connectivity index (χ0v) is 14.8. The van der Waals surface area contributed by atoms with Gasteiger partial charge >= 0.3 is 0 Å². The minimum Gasteiger partial charge on any atom is -0.345 e. The standard InChI is InChI=1S/C20H21N5O2/c21-15-6-8-25(9-7-15)20(27)14-2-1-3-16(10-14)24-19(26)13-4-5-17-18(11-13)23-12-22-17/h1-5,10-12,15H,6-9,21H2,(H,22,23)(H,24,26). The Kier molecular flexibility index (Phi) is 4.60. The normalized spacial score (nSPS) is 15.1. The van der Waals surface area contributed by atoms with Crippen LogP contribution in [-0.2, 0) is 0 Å². The van der Waals surface area contributed by atoms with Crippen LogP contribution in [0.5, 0.6) is 0 Å². The number of nitrogens with one attached hydrogen (secondary N) is 2. The molecule has 27 heavy (non-hydrogen) atoms. The minimum absolute atomic E-state index is 0.0307. The molecule has 7 nitrogen and oxygen atoms in total. The number of likely N-dealkylation sites (tertiary alicyclic amines) is 1. The highest BCUT2D eigenvalue weighted by Gasteiger charge is 2.22. The number of nitrogens with two attached hydrogens (primary N) is 1. The van der Waals surface area contributed by atoms with E-state index in [1.165, 1.54) is 0 Å². The molecule has 4 rings (SSSR count). The Morgan fingerprint density at radius 3 is 2.74 bits per heavy atom. The summed E-state index contributed by atoms with van der Waals surface area (Å²) in [6.45, 7) is 1.33. The maximum Gasteiger partial charge on any atom is 0.255 e. The van der Waals surface area contributed by atoms with E-state index in [2.05, 4.69) is 15.3 Å². The molecule has 1 saturated heterocycles. The molecule has 138 valence electrons. The highest BCUT2D eigenvalue weighted by Crippen LogP contribution is 2.18. The smallest absolute Gasteiger partial charge is 0.255 e. The summed E-state index contributed by atoms with van der Waals surface area (Å²) in [6, 6.07) is 12.5. The van der Waals surface area contributed by atoms with E-state index in [-0.39, 0.29) is 17.9 Å². The van der Waals surface area contributed by atoms with Crippen LogP contribution in [0.2, 0.25) is 0 Å². The molecule has 0 spiro atoms. The molecule has 4 N–H and O–H groups in total. The lowest BCUT2D eigenvalue weighted by Crippen LogP contribution is -2.42. The van der Waals surface area contributed by atoms with Crippen molar-refractivity contribution >= 4 is 28.5 Å². The van der Waals surface area contributed by atoms with E-state index >= 15 is 0 Å². The number of hydrogen-bond donors (Lipinski definition) is 3. The number of fused-ring (bicyclic) bond motifs is 1. The summed E-state index contributed by atoms with van der Waals surface area (Å²) >= 11 is 0. The first kappa shape index (κ1) is 17.2. The van der Waals surface area contributed by atoms with E-state index in [1.54, 1.807) is 48.8 Å². The van der Waals surface area contributed by atoms with Crippen molar-refractivity contribution in [3.63, 3.8) is 0 Å². The number of rotatable bonds is 3. The van der Waals surface area contributed by atoms with E-state index in [0.717, 1.165) is 23.9 Å². The van der Waals surface area contributed by atoms with Gasteiger partial charge in [-0.2, -0.15) is 0 Å². The number of H-pyrrole nitrogens is 1. The van der Waals surface area contributed by atoms with Crippen LogP contribution < -0.4 is 11.1 Å². The predicted molar refractivity (Wildman–Crippen MR) is 104 cm³/mol. The van der Waals surface area contributed by atoms with Crippen LogP contribution in [0.4, 0.5) is 5.69 Å². The molecule has 3 aromatic rings. The number of amides is 2. The third-order valence-electron chi connectivity index (χ3n) is 4.88. The molecule has 1 aliphatic rings. The summed E-state index contributed by atoms with van der Waals surface area (Å²) < 4.78 is 0. The number of carbonyl (C=O) groups is 2. The van der Waals surface area contributed by atoms with E-state index in [4.69, 9.17) is 5.73 Å². The number of imidazole rings is 1. The van der Waals surface area contributed by atoms with E-state index in [0.29, 0.717) is 29.9 Å². The van der Waals surface area contributed by atoms with Crippen LogP contribution in [0, 0.1) is 0 Å². The van der Waals surface area contributed by atoms with Gasteiger partial charge < -0.3 is 20.9 Å². The molecule has 7 heteroatoms. The molecule has 1 fully saturated rings. The number of hydrogen-bond acceptors (Lipinski definition) is 4. The number of aromatic nitrogens is 2. The van der Waals surface area contributed by atoms with E-state index in [1.807, 2.05) is 4.90 Å². The van der Waals surface area contributed by atoms with Gasteiger partial charge in [-0.05, 0) is 49.2 Å². The van der Waals surface area contributed by atoms with Gasteiger partial charge in [0.05, 0.1) is 17.4 Å². The van der Waals surface area contributed by atoms with E-state index < -0.39 is 0 Å². The molecule has 1 aromatic heterocycles. The second-order valence-corrected chi connectivity index (χ2v) is 6.80. The SMILES string of the molecule is NC1CCN(C(=O)c2cccc(NC(=O)c3ccc4nc[nH]c4c3)c2)CC1. The quantitative estimate of drug-likeness (QED) is 0.664. The van der Waals surface area contributed by atoms with Crippen molar-refractivity contribution in [2.75, 3.05) is 18.4 Å². The van der Waals surface area contributed by atoms with Crippen LogP contribution in [-0.4, -0.2) is 45.8 Å². The molecule has 2 amide bonds. The lowest BCUT2D eigenvalue weighted by atomic mass is 10.0. The van der Waals surface area contributed by atoms with Gasteiger partial charge in [0.25, 0.3) is 11.8 Å². The molecule has 0 radical (unpaired) electrons. The third kappa shape index (κ3) is 3.68. The first-order chi connectivity index (χ1) is 13.1. The predicted octanol–water partition coefficient (Wildman–Crippen LogP) is 2.38. The minimum atomic E-state index is -0.236. The zero-order valence-electron chi connectivity index (χ0n) is 14.8. The van der Waals surface area contributed by atoms with Crippen molar-refractivity contribution in [2.45, 2.75) is 18.9 Å². The van der Waals surface area contributed by atoms with Gasteiger partial charge in [0.1, 0.15) is 0 Å². The second kappa shape index (κ2) is 7.20. The molecule has 1 aliphatic heterocycles. The van der Waals surface area contributed by atoms with Gasteiger partial charge in [-0.25, -0.2) is 4.98 Å². The highest BCUT2D eigenvalue weighted by molar-refractivity contribution is 6.06. The Bertz CT molecular complexity index is 989. The maximum absolute atomic E-state index is 12.7. The van der Waals surface area contributed by atoms with Crippen molar-refractivity contribution < 1.29 is 9.59 Å². The van der Waals surface area contributed by atoms with Crippen molar-refractivity contribution in [3.8, 4) is 0 Å². The molecule has 0 saturated carbocycles. The van der Waals surface area contributed by atoms with Crippen LogP contribution in [0.25, 0.3) is 11.0 Å². The average Bonchev–Trinajstić information content (AvgIpc) is 3.16. The lowest BCUT2D eigenvalue weighted by Gasteiger charge is -2.30. The van der Waals surface area contributed by atoms with Crippen LogP contribution in [0.15, 0.2) is 48.8 Å². The largest absolute Gasteiger partial charge is 0.345 e. The number of benzene rings is 2. The van der Waals surface area contributed by atoms with Crippen LogP contribution in [0.1, 0.15) is 33.6 Å². The van der Waals surface area contributed by atoms with Crippen molar-refractivity contribution in [2.24, 2.45) is 5.73 Å². The molecule has 0 atom stereocenters. The van der Waals surface area contributed by atoms with Crippen molar-refractivity contribution in [3.05, 3.63) is 59.9 Å². The number of anilines is 1. The summed E-state index contributed by atoms with van der Waals surface area (Å²) in [5.41, 5.74) is 9.18. The maximum atomic E-state index is 12.7. The Labute approximate surface area is 156 Å². The number of aromatic amines is 1. The first-order valence-electron chi connectivity index (χ1n) is 8.99. The fourth-order valence-electron chi connectivity index (χ4n) is 3.30. The molecule has 2 heterocycles. The summed E-state index contributed by atoms with van der Waals surface area (Å²) in [5, 5.41) is 2.86.